The lowest BCUT2D eigenvalue weighted by molar-refractivity contribution is -0.124. The van der Waals surface area contributed by atoms with Crippen LogP contribution >= 0.6 is 0 Å². The van der Waals surface area contributed by atoms with Crippen LogP contribution in [0.25, 0.3) is 0 Å². The zero-order valence-electron chi connectivity index (χ0n) is 11.7. The van der Waals surface area contributed by atoms with Gasteiger partial charge in [0.1, 0.15) is 12.4 Å². The fourth-order valence-corrected chi connectivity index (χ4v) is 2.31. The summed E-state index contributed by atoms with van der Waals surface area (Å²) in [7, 11) is -3.33. The zero-order chi connectivity index (χ0) is 15.0. The molecule has 0 radical (unpaired) electrons. The molecule has 0 bridgehead atoms. The number of fused-ring (bicyclic) bond motifs is 1. The fraction of sp³-hybridized carbons (Fsp3) is 0.462. The molecule has 1 amide bonds. The predicted molar refractivity (Wildman–Crippen MR) is 77.4 cm³/mol. The highest BCUT2D eigenvalue weighted by molar-refractivity contribution is 7.92. The molecule has 0 spiro atoms. The van der Waals surface area contributed by atoms with E-state index in [0.717, 1.165) is 0 Å². The van der Waals surface area contributed by atoms with Gasteiger partial charge in [0, 0.05) is 6.07 Å². The van der Waals surface area contributed by atoms with E-state index in [1.54, 1.807) is 39.0 Å². The van der Waals surface area contributed by atoms with E-state index in [0.29, 0.717) is 17.1 Å². The maximum absolute atomic E-state index is 12.0. The average molecular weight is 298 g/mol. The number of anilines is 2. The molecule has 0 fully saturated rings. The highest BCUT2D eigenvalue weighted by Crippen LogP contribution is 2.34. The number of benzene rings is 1. The van der Waals surface area contributed by atoms with Gasteiger partial charge in [-0.05, 0) is 32.9 Å². The highest BCUT2D eigenvalue weighted by atomic mass is 32.2. The van der Waals surface area contributed by atoms with Gasteiger partial charge in [0.05, 0.1) is 22.5 Å². The van der Waals surface area contributed by atoms with Crippen molar-refractivity contribution in [2.45, 2.75) is 20.8 Å². The number of nitrogens with one attached hydrogen (secondary N) is 2. The third-order valence-corrected chi connectivity index (χ3v) is 4.39. The summed E-state index contributed by atoms with van der Waals surface area (Å²) in [4.78, 5) is 12.0. The molecule has 0 aromatic heterocycles. The van der Waals surface area contributed by atoms with Crippen molar-refractivity contribution in [3.8, 4) is 5.75 Å². The van der Waals surface area contributed by atoms with E-state index >= 15 is 0 Å². The Morgan fingerprint density at radius 2 is 2.10 bits per heavy atom. The van der Waals surface area contributed by atoms with E-state index in [1.807, 2.05) is 0 Å². The Hall–Kier alpha value is -1.76. The van der Waals surface area contributed by atoms with E-state index in [2.05, 4.69) is 10.0 Å². The molecule has 7 heteroatoms. The highest BCUT2D eigenvalue weighted by Gasteiger charge is 2.32. The minimum Gasteiger partial charge on any atom is -0.490 e. The number of rotatable bonds is 3. The van der Waals surface area contributed by atoms with Gasteiger partial charge in [-0.1, -0.05) is 0 Å². The van der Waals surface area contributed by atoms with Crippen LogP contribution in [0.2, 0.25) is 0 Å². The van der Waals surface area contributed by atoms with Crippen molar-refractivity contribution in [1.29, 1.82) is 0 Å². The monoisotopic (exact) mass is 298 g/mol. The Bertz CT molecular complexity index is 638. The maximum atomic E-state index is 12.0. The minimum absolute atomic E-state index is 0.00525. The van der Waals surface area contributed by atoms with Crippen LogP contribution in [0, 0.1) is 5.41 Å². The summed E-state index contributed by atoms with van der Waals surface area (Å²) >= 11 is 0. The van der Waals surface area contributed by atoms with Gasteiger partial charge in [-0.25, -0.2) is 8.42 Å². The van der Waals surface area contributed by atoms with Crippen molar-refractivity contribution < 1.29 is 17.9 Å². The first-order valence-electron chi connectivity index (χ1n) is 6.32. The molecular weight excluding hydrogens is 280 g/mol. The molecule has 1 aliphatic heterocycles. The lowest BCUT2D eigenvalue weighted by atomic mass is 9.94. The lowest BCUT2D eigenvalue weighted by Gasteiger charge is -2.18. The second kappa shape index (κ2) is 4.97. The Kier molecular flexibility index (Phi) is 3.64. The van der Waals surface area contributed by atoms with Crippen molar-refractivity contribution in [2.75, 3.05) is 22.4 Å². The fourth-order valence-electron chi connectivity index (χ4n) is 1.68. The molecular formula is C13H18N2O4S. The van der Waals surface area contributed by atoms with Gasteiger partial charge in [0.2, 0.25) is 15.9 Å². The number of hydrogen-bond donors (Lipinski definition) is 2. The van der Waals surface area contributed by atoms with E-state index < -0.39 is 15.4 Å². The number of hydrogen-bond acceptors (Lipinski definition) is 4. The van der Waals surface area contributed by atoms with Gasteiger partial charge in [-0.3, -0.25) is 9.52 Å². The van der Waals surface area contributed by atoms with Crippen molar-refractivity contribution in [3.05, 3.63) is 18.2 Å². The van der Waals surface area contributed by atoms with Crippen molar-refractivity contribution >= 4 is 27.3 Å². The first-order valence-corrected chi connectivity index (χ1v) is 7.97. The van der Waals surface area contributed by atoms with Crippen LogP contribution in [-0.2, 0) is 14.8 Å². The van der Waals surface area contributed by atoms with Gasteiger partial charge >= 0.3 is 0 Å². The average Bonchev–Trinajstić information content (AvgIpc) is 2.48. The predicted octanol–water partition coefficient (Wildman–Crippen LogP) is 1.81. The third kappa shape index (κ3) is 3.04. The molecule has 0 atom stereocenters. The third-order valence-electron chi connectivity index (χ3n) is 3.09. The Morgan fingerprint density at radius 1 is 1.40 bits per heavy atom. The van der Waals surface area contributed by atoms with Crippen molar-refractivity contribution in [3.63, 3.8) is 0 Å². The van der Waals surface area contributed by atoms with Crippen LogP contribution in [-0.4, -0.2) is 26.7 Å². The number of carbonyl (C=O) groups excluding carboxylic acids is 1. The molecule has 1 aromatic rings. The largest absolute Gasteiger partial charge is 0.490 e. The summed E-state index contributed by atoms with van der Waals surface area (Å²) < 4.78 is 31.1. The lowest BCUT2D eigenvalue weighted by Crippen LogP contribution is -2.33. The van der Waals surface area contributed by atoms with Crippen molar-refractivity contribution in [1.82, 2.24) is 0 Å². The molecule has 2 N–H and O–H groups in total. The molecule has 0 saturated carbocycles. The van der Waals surface area contributed by atoms with Gasteiger partial charge in [0.25, 0.3) is 0 Å². The molecule has 1 aromatic carbocycles. The SMILES string of the molecule is CCS(=O)(=O)Nc1ccc2c(c1)OCC(C)(C)C(=O)N2. The van der Waals surface area contributed by atoms with Crippen LogP contribution in [0.1, 0.15) is 20.8 Å². The first kappa shape index (κ1) is 14.6. The summed E-state index contributed by atoms with van der Waals surface area (Å²) in [6.07, 6.45) is 0. The topological polar surface area (TPSA) is 84.5 Å². The van der Waals surface area contributed by atoms with E-state index in [4.69, 9.17) is 4.74 Å². The van der Waals surface area contributed by atoms with E-state index in [1.165, 1.54) is 0 Å². The summed E-state index contributed by atoms with van der Waals surface area (Å²) in [5.74, 6) is 0.327. The number of ether oxygens (including phenoxy) is 1. The second-order valence-corrected chi connectivity index (χ2v) is 7.35. The zero-order valence-corrected chi connectivity index (χ0v) is 12.5. The Morgan fingerprint density at radius 3 is 2.75 bits per heavy atom. The van der Waals surface area contributed by atoms with E-state index in [-0.39, 0.29) is 18.3 Å². The molecule has 1 aliphatic rings. The molecule has 0 saturated heterocycles. The van der Waals surface area contributed by atoms with Crippen molar-refractivity contribution in [2.24, 2.45) is 5.41 Å². The minimum atomic E-state index is -3.33. The Balaban J connectivity index is 2.30. The van der Waals surface area contributed by atoms with Gasteiger partial charge in [-0.2, -0.15) is 0 Å². The van der Waals surface area contributed by atoms with Gasteiger partial charge in [-0.15, -0.1) is 0 Å². The van der Waals surface area contributed by atoms with Crippen LogP contribution in [0.4, 0.5) is 11.4 Å². The molecule has 1 heterocycles. The number of carbonyl (C=O) groups is 1. The molecule has 6 nitrogen and oxygen atoms in total. The van der Waals surface area contributed by atoms with Gasteiger partial charge < -0.3 is 10.1 Å². The second-order valence-electron chi connectivity index (χ2n) is 5.34. The smallest absolute Gasteiger partial charge is 0.233 e. The summed E-state index contributed by atoms with van der Waals surface area (Å²) in [5, 5.41) is 2.78. The summed E-state index contributed by atoms with van der Waals surface area (Å²) in [6.45, 7) is 5.37. The number of sulfonamides is 1. The summed E-state index contributed by atoms with van der Waals surface area (Å²) in [6, 6.07) is 4.79. The van der Waals surface area contributed by atoms with Crippen LogP contribution < -0.4 is 14.8 Å². The first-order chi connectivity index (χ1) is 9.23. The maximum Gasteiger partial charge on any atom is 0.233 e. The summed E-state index contributed by atoms with van der Waals surface area (Å²) in [5.41, 5.74) is 0.321. The molecule has 2 rings (SSSR count). The molecule has 0 aliphatic carbocycles. The van der Waals surface area contributed by atoms with Gasteiger partial charge in [0.15, 0.2) is 0 Å². The van der Waals surface area contributed by atoms with Crippen LogP contribution in [0.15, 0.2) is 18.2 Å². The quantitative estimate of drug-likeness (QED) is 0.891. The standard InChI is InChI=1S/C13H18N2O4S/c1-4-20(17,18)15-9-5-6-10-11(7-9)19-8-13(2,3)12(16)14-10/h5-7,15H,4,8H2,1-3H3,(H,14,16). The number of amides is 1. The molecule has 0 unspecified atom stereocenters. The van der Waals surface area contributed by atoms with Crippen LogP contribution in [0.5, 0.6) is 5.75 Å². The molecule has 20 heavy (non-hydrogen) atoms. The molecule has 110 valence electrons. The van der Waals surface area contributed by atoms with E-state index in [9.17, 15) is 13.2 Å². The van der Waals surface area contributed by atoms with Crippen LogP contribution in [0.3, 0.4) is 0 Å². The Labute approximate surface area is 118 Å². The normalized spacial score (nSPS) is 17.4.